The van der Waals surface area contributed by atoms with Crippen molar-refractivity contribution in [3.05, 3.63) is 34.9 Å². The molecule has 10 heavy (non-hydrogen) atoms. The third-order valence-electron chi connectivity index (χ3n) is 0.574. The summed E-state index contributed by atoms with van der Waals surface area (Å²) in [5.41, 5.74) is 0. The van der Waals surface area contributed by atoms with Gasteiger partial charge in [-0.1, -0.05) is 18.7 Å². The van der Waals surface area contributed by atoms with Crippen molar-refractivity contribution in [3.8, 4) is 0 Å². The van der Waals surface area contributed by atoms with E-state index in [0.717, 1.165) is 5.41 Å². The van der Waals surface area contributed by atoms with Crippen LogP contribution in [0.2, 0.25) is 0 Å². The first-order valence-electron chi connectivity index (χ1n) is 2.50. The molecule has 56 valence electrons. The van der Waals surface area contributed by atoms with Crippen molar-refractivity contribution in [2.75, 3.05) is 0 Å². The molecule has 0 amide bonds. The van der Waals surface area contributed by atoms with Crippen molar-refractivity contribution in [2.45, 2.75) is 0 Å². The maximum atomic E-state index is 9.29. The summed E-state index contributed by atoms with van der Waals surface area (Å²) in [6.07, 6.45) is 0. The number of hydrogen-bond donors (Lipinski definition) is 1. The highest BCUT2D eigenvalue weighted by Crippen LogP contribution is 1.91. The van der Waals surface area contributed by atoms with E-state index in [1.807, 2.05) is 22.9 Å². The summed E-state index contributed by atoms with van der Waals surface area (Å²) < 4.78 is 18.6. The summed E-state index contributed by atoms with van der Waals surface area (Å²) in [5, 5.41) is 4.95. The zero-order valence-electron chi connectivity index (χ0n) is 5.27. The van der Waals surface area contributed by atoms with Gasteiger partial charge in [-0.3, -0.25) is 0 Å². The van der Waals surface area contributed by atoms with Gasteiger partial charge >= 0.3 is 0 Å². The van der Waals surface area contributed by atoms with Gasteiger partial charge in [0.1, 0.15) is 0 Å². The van der Waals surface area contributed by atoms with Gasteiger partial charge in [-0.15, -0.1) is 0 Å². The van der Waals surface area contributed by atoms with Crippen molar-refractivity contribution in [3.63, 3.8) is 0 Å². The van der Waals surface area contributed by atoms with Crippen LogP contribution >= 0.6 is 11.3 Å². The van der Waals surface area contributed by atoms with Crippen LogP contribution in [0.1, 0.15) is 0 Å². The van der Waals surface area contributed by atoms with Gasteiger partial charge in [-0.2, -0.15) is 11.3 Å². The maximum Gasteiger partial charge on any atom is 0.160 e. The minimum atomic E-state index is -2.33. The molecule has 1 rings (SSSR count). The van der Waals surface area contributed by atoms with Crippen LogP contribution in [0.3, 0.4) is 0 Å². The van der Waals surface area contributed by atoms with Crippen LogP contribution in [0.4, 0.5) is 0 Å². The van der Waals surface area contributed by atoms with E-state index >= 15 is 0 Å². The highest BCUT2D eigenvalue weighted by molar-refractivity contribution is 7.75. The highest BCUT2D eigenvalue weighted by Gasteiger charge is 1.58. The van der Waals surface area contributed by atoms with Gasteiger partial charge in [-0.25, -0.2) is 8.42 Å². The molecule has 0 aliphatic carbocycles. The van der Waals surface area contributed by atoms with Gasteiger partial charge in [-0.05, 0) is 10.8 Å². The molecule has 0 fully saturated rings. The molecule has 0 unspecified atom stereocenters. The molecule has 4 heteroatoms. The first-order valence-corrected chi connectivity index (χ1v) is 4.69. The van der Waals surface area contributed by atoms with E-state index in [9.17, 15) is 8.42 Å². The molecule has 0 aliphatic rings. The fraction of sp³-hybridized carbons (Fsp3) is 0. The second-order valence-corrected chi connectivity index (χ2v) is 3.01. The van der Waals surface area contributed by atoms with Crippen molar-refractivity contribution in [1.82, 2.24) is 0 Å². The molecule has 0 N–H and O–H groups in total. The fourth-order valence-electron chi connectivity index (χ4n) is 0.227. The van der Waals surface area contributed by atoms with E-state index in [-0.39, 0.29) is 0 Å². The molecular weight excluding hydrogens is 168 g/mol. The topological polar surface area (TPSA) is 34.1 Å². The lowest BCUT2D eigenvalue weighted by molar-refractivity contribution is 0.622. The Bertz CT molecular complexity index is 199. The van der Waals surface area contributed by atoms with Crippen LogP contribution in [-0.4, -0.2) is 8.42 Å². The molecule has 0 atom stereocenters. The number of thiol groups is 1. The van der Waals surface area contributed by atoms with E-state index in [1.54, 1.807) is 11.3 Å². The van der Waals surface area contributed by atoms with Gasteiger partial charge in [0.25, 0.3) is 0 Å². The zero-order valence-corrected chi connectivity index (χ0v) is 6.98. The number of thiophene rings is 1. The van der Waals surface area contributed by atoms with E-state index < -0.39 is 10.7 Å². The van der Waals surface area contributed by atoms with Gasteiger partial charge < -0.3 is 0 Å². The Morgan fingerprint density at radius 2 is 1.70 bits per heavy atom. The van der Waals surface area contributed by atoms with Crippen LogP contribution in [0.5, 0.6) is 0 Å². The average molecular weight is 176 g/mol. The largest absolute Gasteiger partial charge is 0.227 e. The third-order valence-corrected chi connectivity index (χ3v) is 1.50. The van der Waals surface area contributed by atoms with E-state index in [2.05, 4.69) is 6.58 Å². The Morgan fingerprint density at radius 3 is 1.80 bits per heavy atom. The summed E-state index contributed by atoms with van der Waals surface area (Å²) in [6.45, 7) is 2.96. The first kappa shape index (κ1) is 9.39. The molecule has 0 saturated carbocycles. The van der Waals surface area contributed by atoms with Crippen LogP contribution in [0.15, 0.2) is 34.9 Å². The lowest BCUT2D eigenvalue weighted by Crippen LogP contribution is -1.54. The zero-order chi connectivity index (χ0) is 7.82. The lowest BCUT2D eigenvalue weighted by atomic mass is 10.7. The molecule has 1 aromatic heterocycles. The Balaban J connectivity index is 0.000000162. The smallest absolute Gasteiger partial charge is 0.160 e. The number of rotatable bonds is 1. The van der Waals surface area contributed by atoms with Crippen LogP contribution in [0.25, 0.3) is 0 Å². The van der Waals surface area contributed by atoms with Crippen molar-refractivity contribution < 1.29 is 8.42 Å². The monoisotopic (exact) mass is 176 g/mol. The molecule has 0 aliphatic heterocycles. The Morgan fingerprint density at radius 1 is 1.30 bits per heavy atom. The minimum absolute atomic E-state index is 0.870. The normalized spacial score (nSPS) is 8.10. The lowest BCUT2D eigenvalue weighted by Gasteiger charge is -1.49. The van der Waals surface area contributed by atoms with Crippen LogP contribution < -0.4 is 0 Å². The summed E-state index contributed by atoms with van der Waals surface area (Å²) in [6, 6.07) is 4.04. The van der Waals surface area contributed by atoms with Crippen molar-refractivity contribution in [2.24, 2.45) is 0 Å². The van der Waals surface area contributed by atoms with Crippen molar-refractivity contribution >= 4 is 22.0 Å². The summed E-state index contributed by atoms with van der Waals surface area (Å²) in [7, 11) is -2.33. The summed E-state index contributed by atoms with van der Waals surface area (Å²) >= 11 is 1.71. The second-order valence-electron chi connectivity index (χ2n) is 1.26. The predicted octanol–water partition coefficient (Wildman–Crippen LogP) is 1.49. The molecule has 2 nitrogen and oxygen atoms in total. The second kappa shape index (κ2) is 6.51. The van der Waals surface area contributed by atoms with Crippen LogP contribution in [0, 0.1) is 0 Å². The third kappa shape index (κ3) is 7.39. The van der Waals surface area contributed by atoms with Gasteiger partial charge in [0.05, 0.1) is 0 Å². The Hall–Kier alpha value is -0.610. The Kier molecular flexibility index (Phi) is 6.11. The van der Waals surface area contributed by atoms with E-state index in [1.165, 1.54) is 0 Å². The summed E-state index contributed by atoms with van der Waals surface area (Å²) in [4.78, 5) is 0. The minimum Gasteiger partial charge on any atom is -0.227 e. The molecule has 0 saturated heterocycles. The molecule has 0 aromatic carbocycles. The highest BCUT2D eigenvalue weighted by atomic mass is 32.2. The molecule has 1 heterocycles. The molecule has 0 spiro atoms. The standard InChI is InChI=1S/C4H4S.C2H4O2S/c1-2-4-5-3-1;1-2-5(3)4/h1-4H;2,5H,1H2. The number of hydrogen-bond acceptors (Lipinski definition) is 3. The maximum absolute atomic E-state index is 9.29. The van der Waals surface area contributed by atoms with E-state index in [0.29, 0.717) is 0 Å². The van der Waals surface area contributed by atoms with Crippen molar-refractivity contribution in [1.29, 1.82) is 0 Å². The van der Waals surface area contributed by atoms with Crippen LogP contribution in [-0.2, 0) is 10.7 Å². The van der Waals surface area contributed by atoms with Gasteiger partial charge in [0, 0.05) is 5.41 Å². The SMILES string of the molecule is C=C[SH](=O)=O.c1ccsc1. The molecule has 1 aromatic rings. The molecule has 0 radical (unpaired) electrons. The summed E-state index contributed by atoms with van der Waals surface area (Å²) in [5.74, 6) is 0. The Labute approximate surface area is 65.8 Å². The molecular formula is C6H8O2S2. The fourth-order valence-corrected chi connectivity index (χ4v) is 0.680. The quantitative estimate of drug-likeness (QED) is 0.658. The van der Waals surface area contributed by atoms with E-state index in [4.69, 9.17) is 0 Å². The van der Waals surface area contributed by atoms with Gasteiger partial charge in [0.2, 0.25) is 0 Å². The first-order chi connectivity index (χ1) is 4.77. The molecule has 0 bridgehead atoms. The predicted molar refractivity (Wildman–Crippen MR) is 44.8 cm³/mol. The average Bonchev–Trinajstić information content (AvgIpc) is 2.43. The van der Waals surface area contributed by atoms with Gasteiger partial charge in [0.15, 0.2) is 10.7 Å².